The molecule has 1 aliphatic carbocycles. The van der Waals surface area contributed by atoms with Crippen LogP contribution in [0.3, 0.4) is 0 Å². The van der Waals surface area contributed by atoms with E-state index in [-0.39, 0.29) is 0 Å². The number of likely N-dealkylation sites (tertiary alicyclic amines) is 1. The molecule has 1 heterocycles. The monoisotopic (exact) mass is 183 g/mol. The molecule has 1 saturated carbocycles. The molecule has 1 unspecified atom stereocenters. The summed E-state index contributed by atoms with van der Waals surface area (Å²) in [7, 11) is 0. The Kier molecular flexibility index (Phi) is 2.04. The second kappa shape index (κ2) is 2.96. The standard InChI is InChI=1S/C9H17N3O/c10-7(8(11)13)5-12-4-3-9(6-12)1-2-9/h7H,1-6,10H2,(H2,11,13). The molecule has 2 aliphatic rings. The van der Waals surface area contributed by atoms with E-state index in [1.807, 2.05) is 0 Å². The number of nitrogens with zero attached hydrogens (tertiary/aromatic N) is 1. The van der Waals surface area contributed by atoms with Gasteiger partial charge in [0, 0.05) is 13.1 Å². The zero-order chi connectivity index (χ0) is 9.47. The maximum atomic E-state index is 10.7. The van der Waals surface area contributed by atoms with Crippen LogP contribution in [0.15, 0.2) is 0 Å². The Morgan fingerprint density at radius 3 is 2.62 bits per heavy atom. The number of hydrogen-bond acceptors (Lipinski definition) is 3. The zero-order valence-corrected chi connectivity index (χ0v) is 7.83. The largest absolute Gasteiger partial charge is 0.368 e. The molecule has 1 aliphatic heterocycles. The Bertz CT molecular complexity index is 225. The summed E-state index contributed by atoms with van der Waals surface area (Å²) in [5.74, 6) is -0.392. The molecule has 0 bridgehead atoms. The Morgan fingerprint density at radius 1 is 1.46 bits per heavy atom. The first-order chi connectivity index (χ1) is 6.11. The molecule has 0 aromatic carbocycles. The first kappa shape index (κ1) is 8.97. The molecule has 1 amide bonds. The Labute approximate surface area is 78.2 Å². The average molecular weight is 183 g/mol. The summed E-state index contributed by atoms with van der Waals surface area (Å²) < 4.78 is 0. The highest BCUT2D eigenvalue weighted by molar-refractivity contribution is 5.79. The molecule has 74 valence electrons. The van der Waals surface area contributed by atoms with Crippen LogP contribution in [-0.2, 0) is 4.79 Å². The molecule has 13 heavy (non-hydrogen) atoms. The number of nitrogens with two attached hydrogens (primary N) is 2. The second-order valence-corrected chi connectivity index (χ2v) is 4.49. The van der Waals surface area contributed by atoms with E-state index < -0.39 is 11.9 Å². The van der Waals surface area contributed by atoms with E-state index in [0.717, 1.165) is 13.1 Å². The summed E-state index contributed by atoms with van der Waals surface area (Å²) in [5, 5.41) is 0. The van der Waals surface area contributed by atoms with Gasteiger partial charge in [0.15, 0.2) is 0 Å². The van der Waals surface area contributed by atoms with Crippen LogP contribution in [0.5, 0.6) is 0 Å². The SMILES string of the molecule is NC(=O)C(N)CN1CCC2(CC2)C1. The lowest BCUT2D eigenvalue weighted by Crippen LogP contribution is -2.45. The lowest BCUT2D eigenvalue weighted by Gasteiger charge is -2.18. The van der Waals surface area contributed by atoms with Crippen LogP contribution >= 0.6 is 0 Å². The molecule has 2 fully saturated rings. The Morgan fingerprint density at radius 2 is 2.15 bits per heavy atom. The molecule has 4 heteroatoms. The van der Waals surface area contributed by atoms with Crippen molar-refractivity contribution >= 4 is 5.91 Å². The van der Waals surface area contributed by atoms with Crippen molar-refractivity contribution in [3.63, 3.8) is 0 Å². The van der Waals surface area contributed by atoms with Gasteiger partial charge in [-0.1, -0.05) is 0 Å². The number of carbonyl (C=O) groups excluding carboxylic acids is 1. The van der Waals surface area contributed by atoms with Gasteiger partial charge in [0.1, 0.15) is 0 Å². The number of carbonyl (C=O) groups is 1. The van der Waals surface area contributed by atoms with Gasteiger partial charge in [0.05, 0.1) is 6.04 Å². The van der Waals surface area contributed by atoms with E-state index >= 15 is 0 Å². The summed E-state index contributed by atoms with van der Waals surface area (Å²) in [4.78, 5) is 13.0. The van der Waals surface area contributed by atoms with Gasteiger partial charge in [-0.3, -0.25) is 4.79 Å². The van der Waals surface area contributed by atoms with E-state index in [9.17, 15) is 4.79 Å². The van der Waals surface area contributed by atoms with E-state index in [1.54, 1.807) is 0 Å². The van der Waals surface area contributed by atoms with Crippen LogP contribution in [0, 0.1) is 5.41 Å². The molecule has 2 rings (SSSR count). The highest BCUT2D eigenvalue weighted by Crippen LogP contribution is 2.52. The first-order valence-corrected chi connectivity index (χ1v) is 4.89. The fourth-order valence-corrected chi connectivity index (χ4v) is 2.14. The summed E-state index contributed by atoms with van der Waals surface area (Å²) in [6.45, 7) is 2.84. The predicted molar refractivity (Wildman–Crippen MR) is 49.9 cm³/mol. The molecule has 1 atom stereocenters. The van der Waals surface area contributed by atoms with Gasteiger partial charge in [-0.15, -0.1) is 0 Å². The quantitative estimate of drug-likeness (QED) is 0.607. The number of amides is 1. The van der Waals surface area contributed by atoms with Crippen molar-refractivity contribution in [1.82, 2.24) is 4.90 Å². The molecule has 0 radical (unpaired) electrons. The lowest BCUT2D eigenvalue weighted by atomic mass is 10.1. The van der Waals surface area contributed by atoms with Crippen LogP contribution in [0.4, 0.5) is 0 Å². The van der Waals surface area contributed by atoms with Crippen LogP contribution in [0.2, 0.25) is 0 Å². The Balaban J connectivity index is 1.80. The third-order valence-corrected chi connectivity index (χ3v) is 3.29. The van der Waals surface area contributed by atoms with Gasteiger partial charge >= 0.3 is 0 Å². The Hall–Kier alpha value is -0.610. The third-order valence-electron chi connectivity index (χ3n) is 3.29. The van der Waals surface area contributed by atoms with Crippen LogP contribution in [-0.4, -0.2) is 36.5 Å². The fraction of sp³-hybridized carbons (Fsp3) is 0.889. The topological polar surface area (TPSA) is 72.3 Å². The minimum atomic E-state index is -0.492. The maximum Gasteiger partial charge on any atom is 0.235 e. The summed E-state index contributed by atoms with van der Waals surface area (Å²) >= 11 is 0. The van der Waals surface area contributed by atoms with Gasteiger partial charge in [0.2, 0.25) is 5.91 Å². The summed E-state index contributed by atoms with van der Waals surface area (Å²) in [6.07, 6.45) is 3.99. The van der Waals surface area contributed by atoms with E-state index in [2.05, 4.69) is 4.90 Å². The van der Waals surface area contributed by atoms with Gasteiger partial charge in [0.25, 0.3) is 0 Å². The van der Waals surface area contributed by atoms with E-state index in [1.165, 1.54) is 19.3 Å². The van der Waals surface area contributed by atoms with Crippen molar-refractivity contribution in [3.05, 3.63) is 0 Å². The highest BCUT2D eigenvalue weighted by atomic mass is 16.1. The van der Waals surface area contributed by atoms with Crippen molar-refractivity contribution in [2.24, 2.45) is 16.9 Å². The minimum absolute atomic E-state index is 0.392. The number of hydrogen-bond donors (Lipinski definition) is 2. The molecular weight excluding hydrogens is 166 g/mol. The van der Waals surface area contributed by atoms with Gasteiger partial charge < -0.3 is 16.4 Å². The maximum absolute atomic E-state index is 10.7. The molecule has 0 aromatic heterocycles. The molecule has 0 aromatic rings. The average Bonchev–Trinajstić information content (AvgIpc) is 2.68. The predicted octanol–water partition coefficient (Wildman–Crippen LogP) is -0.715. The molecular formula is C9H17N3O. The molecule has 1 spiro atoms. The summed E-state index contributed by atoms with van der Waals surface area (Å²) in [5.41, 5.74) is 11.3. The second-order valence-electron chi connectivity index (χ2n) is 4.49. The normalized spacial score (nSPS) is 27.8. The number of primary amides is 1. The first-order valence-electron chi connectivity index (χ1n) is 4.89. The van der Waals surface area contributed by atoms with E-state index in [0.29, 0.717) is 12.0 Å². The highest BCUT2D eigenvalue weighted by Gasteiger charge is 2.47. The lowest BCUT2D eigenvalue weighted by molar-refractivity contribution is -0.119. The van der Waals surface area contributed by atoms with Gasteiger partial charge in [-0.2, -0.15) is 0 Å². The molecule has 4 nitrogen and oxygen atoms in total. The summed E-state index contributed by atoms with van der Waals surface area (Å²) in [6, 6.07) is -0.492. The smallest absolute Gasteiger partial charge is 0.235 e. The van der Waals surface area contributed by atoms with Crippen molar-refractivity contribution in [1.29, 1.82) is 0 Å². The minimum Gasteiger partial charge on any atom is -0.368 e. The third kappa shape index (κ3) is 1.84. The van der Waals surface area contributed by atoms with Crippen molar-refractivity contribution in [2.45, 2.75) is 25.3 Å². The number of rotatable bonds is 3. The zero-order valence-electron chi connectivity index (χ0n) is 7.83. The van der Waals surface area contributed by atoms with Crippen LogP contribution in [0.1, 0.15) is 19.3 Å². The fourth-order valence-electron chi connectivity index (χ4n) is 2.14. The van der Waals surface area contributed by atoms with Crippen molar-refractivity contribution in [2.75, 3.05) is 19.6 Å². The van der Waals surface area contributed by atoms with Crippen molar-refractivity contribution < 1.29 is 4.79 Å². The van der Waals surface area contributed by atoms with Crippen LogP contribution < -0.4 is 11.5 Å². The van der Waals surface area contributed by atoms with E-state index in [4.69, 9.17) is 11.5 Å². The van der Waals surface area contributed by atoms with Gasteiger partial charge in [-0.25, -0.2) is 0 Å². The molecule has 4 N–H and O–H groups in total. The molecule has 1 saturated heterocycles. The van der Waals surface area contributed by atoms with Gasteiger partial charge in [-0.05, 0) is 31.2 Å². The van der Waals surface area contributed by atoms with Crippen molar-refractivity contribution in [3.8, 4) is 0 Å². The van der Waals surface area contributed by atoms with Crippen LogP contribution in [0.25, 0.3) is 0 Å².